The van der Waals surface area contributed by atoms with E-state index in [1.54, 1.807) is 0 Å². The predicted molar refractivity (Wildman–Crippen MR) is 96.2 cm³/mol. The minimum absolute atomic E-state index is 0.117. The fourth-order valence-electron chi connectivity index (χ4n) is 2.85. The highest BCUT2D eigenvalue weighted by atomic mass is 79.9. The number of aliphatic hydroxyl groups is 1. The van der Waals surface area contributed by atoms with E-state index in [1.165, 1.54) is 12.8 Å². The van der Waals surface area contributed by atoms with Crippen molar-refractivity contribution in [3.05, 3.63) is 22.2 Å². The highest BCUT2D eigenvalue weighted by Gasteiger charge is 2.20. The van der Waals surface area contributed by atoms with Crippen molar-refractivity contribution in [2.45, 2.75) is 64.6 Å². The molecule has 0 heterocycles. The molecule has 4 nitrogen and oxygen atoms in total. The Kier molecular flexibility index (Phi) is 7.66. The number of hydrogen-bond acceptors (Lipinski definition) is 4. The van der Waals surface area contributed by atoms with Crippen molar-refractivity contribution < 1.29 is 14.6 Å². The van der Waals surface area contributed by atoms with Gasteiger partial charge in [-0.3, -0.25) is 0 Å². The van der Waals surface area contributed by atoms with Gasteiger partial charge in [-0.25, -0.2) is 0 Å². The summed E-state index contributed by atoms with van der Waals surface area (Å²) >= 11 is 3.64. The maximum atomic E-state index is 9.30. The molecule has 0 amide bonds. The molecule has 2 N–H and O–H groups in total. The van der Waals surface area contributed by atoms with E-state index in [0.717, 1.165) is 40.8 Å². The first-order chi connectivity index (χ1) is 11.2. The number of benzene rings is 1. The summed E-state index contributed by atoms with van der Waals surface area (Å²) in [4.78, 5) is 0. The van der Waals surface area contributed by atoms with Crippen LogP contribution in [0.2, 0.25) is 0 Å². The second kappa shape index (κ2) is 9.50. The van der Waals surface area contributed by atoms with Crippen molar-refractivity contribution in [1.29, 1.82) is 0 Å². The molecule has 1 aliphatic rings. The Morgan fingerprint density at radius 2 is 2.00 bits per heavy atom. The van der Waals surface area contributed by atoms with Crippen LogP contribution < -0.4 is 14.8 Å². The highest BCUT2D eigenvalue weighted by molar-refractivity contribution is 9.10. The third kappa shape index (κ3) is 5.37. The molecule has 1 atom stereocenters. The van der Waals surface area contributed by atoms with Gasteiger partial charge in [0.15, 0.2) is 11.5 Å². The summed E-state index contributed by atoms with van der Waals surface area (Å²) in [6, 6.07) is 4.17. The number of aliphatic hydroxyl groups excluding tert-OH is 1. The Labute approximate surface area is 147 Å². The third-order valence-corrected chi connectivity index (χ3v) is 5.04. The first kappa shape index (κ1) is 18.6. The number of ether oxygens (including phenoxy) is 2. The molecule has 1 aliphatic carbocycles. The highest BCUT2D eigenvalue weighted by Crippen LogP contribution is 2.36. The van der Waals surface area contributed by atoms with Gasteiger partial charge in [0.25, 0.3) is 0 Å². The molecule has 5 heteroatoms. The Morgan fingerprint density at radius 1 is 1.26 bits per heavy atom. The smallest absolute Gasteiger partial charge is 0.162 e. The first-order valence-electron chi connectivity index (χ1n) is 8.64. The molecule has 1 aromatic carbocycles. The largest absolute Gasteiger partial charge is 0.490 e. The van der Waals surface area contributed by atoms with Crippen molar-refractivity contribution in [2.75, 3.05) is 13.2 Å². The Hall–Kier alpha value is -0.780. The standard InChI is InChI=1S/C18H28BrNO3/c1-3-14(12-21)20-11-13-9-17(22-4-2)18(10-16(13)19)23-15-7-5-6-8-15/h9-10,14-15,20-21H,3-8,11-12H2,1-2H3/t14-/m1/s1. The molecule has 0 radical (unpaired) electrons. The molecule has 0 aromatic heterocycles. The van der Waals surface area contributed by atoms with Gasteiger partial charge in [-0.15, -0.1) is 0 Å². The van der Waals surface area contributed by atoms with Crippen LogP contribution >= 0.6 is 15.9 Å². The van der Waals surface area contributed by atoms with E-state index in [9.17, 15) is 5.11 Å². The van der Waals surface area contributed by atoms with Gasteiger partial charge >= 0.3 is 0 Å². The quantitative estimate of drug-likeness (QED) is 0.673. The summed E-state index contributed by atoms with van der Waals surface area (Å²) in [6.07, 6.45) is 5.95. The van der Waals surface area contributed by atoms with E-state index < -0.39 is 0 Å². The maximum Gasteiger partial charge on any atom is 0.162 e. The number of rotatable bonds is 9. The normalized spacial score (nSPS) is 16.5. The lowest BCUT2D eigenvalue weighted by molar-refractivity contribution is 0.196. The van der Waals surface area contributed by atoms with Gasteiger partial charge in [0.05, 0.1) is 19.3 Å². The first-order valence-corrected chi connectivity index (χ1v) is 9.43. The van der Waals surface area contributed by atoms with Gasteiger partial charge in [-0.05, 0) is 56.7 Å². The monoisotopic (exact) mass is 385 g/mol. The number of nitrogens with one attached hydrogen (secondary N) is 1. The van der Waals surface area contributed by atoms with E-state index in [2.05, 4.69) is 28.2 Å². The molecule has 1 aromatic rings. The molecule has 0 unspecified atom stereocenters. The second-order valence-corrected chi connectivity index (χ2v) is 6.87. The van der Waals surface area contributed by atoms with E-state index in [-0.39, 0.29) is 12.6 Å². The summed E-state index contributed by atoms with van der Waals surface area (Å²) in [5, 5.41) is 12.7. The van der Waals surface area contributed by atoms with Crippen LogP contribution in [-0.4, -0.2) is 30.5 Å². The zero-order chi connectivity index (χ0) is 16.7. The lowest BCUT2D eigenvalue weighted by Crippen LogP contribution is -2.31. The van der Waals surface area contributed by atoms with Crippen molar-refractivity contribution in [3.8, 4) is 11.5 Å². The van der Waals surface area contributed by atoms with Gasteiger partial charge < -0.3 is 19.9 Å². The average molecular weight is 386 g/mol. The van der Waals surface area contributed by atoms with Crippen LogP contribution in [0.1, 0.15) is 51.5 Å². The summed E-state index contributed by atoms with van der Waals surface area (Å²) in [5.41, 5.74) is 1.11. The molecular weight excluding hydrogens is 358 g/mol. The Morgan fingerprint density at radius 3 is 2.61 bits per heavy atom. The van der Waals surface area contributed by atoms with Gasteiger partial charge in [-0.1, -0.05) is 22.9 Å². The topological polar surface area (TPSA) is 50.7 Å². The van der Waals surface area contributed by atoms with Gasteiger partial charge in [0.2, 0.25) is 0 Å². The van der Waals surface area contributed by atoms with Crippen molar-refractivity contribution in [3.63, 3.8) is 0 Å². The molecule has 0 bridgehead atoms. The maximum absolute atomic E-state index is 9.30. The molecule has 1 fully saturated rings. The minimum Gasteiger partial charge on any atom is -0.490 e. The second-order valence-electron chi connectivity index (χ2n) is 6.02. The fourth-order valence-corrected chi connectivity index (χ4v) is 3.31. The molecule has 130 valence electrons. The van der Waals surface area contributed by atoms with Gasteiger partial charge in [0.1, 0.15) is 0 Å². The average Bonchev–Trinajstić information content (AvgIpc) is 3.05. The van der Waals surface area contributed by atoms with Crippen LogP contribution in [-0.2, 0) is 6.54 Å². The lowest BCUT2D eigenvalue weighted by atomic mass is 10.1. The Bertz CT molecular complexity index is 485. The SMILES string of the molecule is CCOc1cc(CN[C@H](CC)CO)c(Br)cc1OC1CCCC1. The van der Waals surface area contributed by atoms with Crippen LogP contribution in [0.5, 0.6) is 11.5 Å². The predicted octanol–water partition coefficient (Wildman–Crippen LogP) is 4.03. The number of halogens is 1. The third-order valence-electron chi connectivity index (χ3n) is 4.30. The molecule has 1 saturated carbocycles. The van der Waals surface area contributed by atoms with Crippen molar-refractivity contribution >= 4 is 15.9 Å². The molecular formula is C18H28BrNO3. The van der Waals surface area contributed by atoms with Crippen LogP contribution in [0.4, 0.5) is 0 Å². The summed E-state index contributed by atoms with van der Waals surface area (Å²) in [7, 11) is 0. The minimum atomic E-state index is 0.117. The van der Waals surface area contributed by atoms with E-state index in [4.69, 9.17) is 9.47 Å². The fraction of sp³-hybridized carbons (Fsp3) is 0.667. The van der Waals surface area contributed by atoms with Crippen LogP contribution in [0.3, 0.4) is 0 Å². The zero-order valence-corrected chi connectivity index (χ0v) is 15.7. The molecule has 0 aliphatic heterocycles. The van der Waals surface area contributed by atoms with Crippen molar-refractivity contribution in [1.82, 2.24) is 5.32 Å². The van der Waals surface area contributed by atoms with E-state index >= 15 is 0 Å². The zero-order valence-electron chi connectivity index (χ0n) is 14.1. The molecule has 23 heavy (non-hydrogen) atoms. The molecule has 0 spiro atoms. The summed E-state index contributed by atoms with van der Waals surface area (Å²) in [6.45, 7) is 5.49. The molecule has 0 saturated heterocycles. The van der Waals surface area contributed by atoms with Gasteiger partial charge in [0, 0.05) is 17.1 Å². The van der Waals surface area contributed by atoms with E-state index in [0.29, 0.717) is 19.3 Å². The number of hydrogen-bond donors (Lipinski definition) is 2. The van der Waals surface area contributed by atoms with E-state index in [1.807, 2.05) is 19.1 Å². The van der Waals surface area contributed by atoms with Crippen LogP contribution in [0.25, 0.3) is 0 Å². The molecule has 2 rings (SSSR count). The van der Waals surface area contributed by atoms with Gasteiger partial charge in [-0.2, -0.15) is 0 Å². The van der Waals surface area contributed by atoms with Crippen molar-refractivity contribution in [2.24, 2.45) is 0 Å². The Balaban J connectivity index is 2.12. The van der Waals surface area contributed by atoms with Crippen LogP contribution in [0, 0.1) is 0 Å². The summed E-state index contributed by atoms with van der Waals surface area (Å²) < 4.78 is 12.9. The lowest BCUT2D eigenvalue weighted by Gasteiger charge is -2.20. The van der Waals surface area contributed by atoms with Crippen LogP contribution in [0.15, 0.2) is 16.6 Å². The summed E-state index contributed by atoms with van der Waals surface area (Å²) in [5.74, 6) is 1.63.